The van der Waals surface area contributed by atoms with Crippen molar-refractivity contribution in [2.24, 2.45) is 0 Å². The van der Waals surface area contributed by atoms with Crippen molar-refractivity contribution in [1.82, 2.24) is 4.98 Å². The number of hydrogen-bond donors (Lipinski definition) is 1. The van der Waals surface area contributed by atoms with Crippen molar-refractivity contribution in [3.8, 4) is 5.75 Å². The van der Waals surface area contributed by atoms with Gasteiger partial charge in [0.1, 0.15) is 5.75 Å². The van der Waals surface area contributed by atoms with E-state index in [9.17, 15) is 4.79 Å². The second-order valence-corrected chi connectivity index (χ2v) is 6.68. The average Bonchev–Trinajstić information content (AvgIpc) is 2.87. The number of nitrogens with zero attached hydrogens (tertiary/aromatic N) is 1. The molecule has 112 valence electrons. The predicted octanol–water partition coefficient (Wildman–Crippen LogP) is 3.63. The smallest absolute Gasteiger partial charge is 0.230 e. The van der Waals surface area contributed by atoms with E-state index in [1.807, 2.05) is 29.6 Å². The summed E-state index contributed by atoms with van der Waals surface area (Å²) in [5.74, 6) is 0.636. The lowest BCUT2D eigenvalue weighted by molar-refractivity contribution is -0.115. The molecule has 0 spiro atoms. The Labute approximate surface area is 129 Å². The van der Waals surface area contributed by atoms with Crippen molar-refractivity contribution in [2.45, 2.75) is 32.6 Å². The van der Waals surface area contributed by atoms with Crippen LogP contribution < -0.4 is 10.1 Å². The molecule has 0 saturated heterocycles. The van der Waals surface area contributed by atoms with Crippen LogP contribution in [0, 0.1) is 0 Å². The van der Waals surface area contributed by atoms with Gasteiger partial charge in [-0.2, -0.15) is 0 Å². The maximum Gasteiger partial charge on any atom is 0.230 e. The van der Waals surface area contributed by atoms with Crippen LogP contribution in [0.4, 0.5) is 5.13 Å². The van der Waals surface area contributed by atoms with Gasteiger partial charge in [-0.25, -0.2) is 4.98 Å². The number of rotatable bonds is 4. The van der Waals surface area contributed by atoms with Crippen molar-refractivity contribution in [3.05, 3.63) is 40.9 Å². The van der Waals surface area contributed by atoms with Gasteiger partial charge in [-0.3, -0.25) is 4.79 Å². The normalized spacial score (nSPS) is 11.2. The summed E-state index contributed by atoms with van der Waals surface area (Å²) < 4.78 is 5.25. The van der Waals surface area contributed by atoms with Gasteiger partial charge < -0.3 is 10.1 Å². The van der Waals surface area contributed by atoms with E-state index in [4.69, 9.17) is 4.74 Å². The highest BCUT2D eigenvalue weighted by molar-refractivity contribution is 7.13. The molecule has 5 heteroatoms. The summed E-state index contributed by atoms with van der Waals surface area (Å²) >= 11 is 1.45. The number of para-hydroxylation sites is 1. The highest BCUT2D eigenvalue weighted by atomic mass is 32.1. The summed E-state index contributed by atoms with van der Waals surface area (Å²) in [6, 6.07) is 7.52. The molecule has 2 rings (SSSR count). The molecule has 1 N–H and O–H groups in total. The molecule has 0 atom stereocenters. The first-order valence-corrected chi connectivity index (χ1v) is 7.66. The van der Waals surface area contributed by atoms with Crippen molar-refractivity contribution in [1.29, 1.82) is 0 Å². The number of anilines is 1. The fourth-order valence-corrected chi connectivity index (χ4v) is 2.81. The lowest BCUT2D eigenvalue weighted by atomic mass is 9.93. The Balaban J connectivity index is 2.03. The van der Waals surface area contributed by atoms with Gasteiger partial charge in [0.15, 0.2) is 5.13 Å². The number of methoxy groups -OCH3 is 1. The third-order valence-corrected chi connectivity index (χ3v) is 3.82. The summed E-state index contributed by atoms with van der Waals surface area (Å²) in [4.78, 5) is 16.6. The fourth-order valence-electron chi connectivity index (χ4n) is 1.86. The molecule has 2 aromatic rings. The van der Waals surface area contributed by atoms with Gasteiger partial charge in [-0.05, 0) is 6.07 Å². The van der Waals surface area contributed by atoms with Gasteiger partial charge in [0.05, 0.1) is 19.2 Å². The Morgan fingerprint density at radius 3 is 2.67 bits per heavy atom. The lowest BCUT2D eigenvalue weighted by Gasteiger charge is -2.14. The van der Waals surface area contributed by atoms with Crippen LogP contribution in [-0.4, -0.2) is 18.0 Å². The number of carbonyl (C=O) groups excluding carboxylic acids is 1. The quantitative estimate of drug-likeness (QED) is 0.938. The van der Waals surface area contributed by atoms with Crippen LogP contribution in [0.1, 0.15) is 32.0 Å². The Morgan fingerprint density at radius 2 is 2.05 bits per heavy atom. The fraction of sp³-hybridized carbons (Fsp3) is 0.375. The topological polar surface area (TPSA) is 51.2 Å². The molecule has 1 aromatic carbocycles. The zero-order valence-corrected chi connectivity index (χ0v) is 13.6. The van der Waals surface area contributed by atoms with Gasteiger partial charge in [0.2, 0.25) is 5.91 Å². The highest BCUT2D eigenvalue weighted by Gasteiger charge is 2.18. The van der Waals surface area contributed by atoms with Crippen LogP contribution in [0.5, 0.6) is 5.75 Å². The van der Waals surface area contributed by atoms with Crippen LogP contribution in [0.15, 0.2) is 29.6 Å². The first kappa shape index (κ1) is 15.5. The first-order chi connectivity index (χ1) is 9.90. The van der Waals surface area contributed by atoms with Crippen molar-refractivity contribution < 1.29 is 9.53 Å². The van der Waals surface area contributed by atoms with Crippen molar-refractivity contribution in [2.75, 3.05) is 12.4 Å². The zero-order valence-electron chi connectivity index (χ0n) is 12.8. The molecular weight excluding hydrogens is 284 g/mol. The van der Waals surface area contributed by atoms with Crippen molar-refractivity contribution in [3.63, 3.8) is 0 Å². The number of hydrogen-bond acceptors (Lipinski definition) is 4. The third-order valence-electron chi connectivity index (χ3n) is 3.06. The number of nitrogens with one attached hydrogen (secondary N) is 1. The van der Waals surface area contributed by atoms with Crippen LogP contribution in [0.2, 0.25) is 0 Å². The molecule has 0 saturated carbocycles. The van der Waals surface area contributed by atoms with Crippen LogP contribution in [0.3, 0.4) is 0 Å². The molecule has 0 aliphatic rings. The van der Waals surface area contributed by atoms with Gasteiger partial charge >= 0.3 is 0 Å². The Morgan fingerprint density at radius 1 is 1.33 bits per heavy atom. The summed E-state index contributed by atoms with van der Waals surface area (Å²) in [5.41, 5.74) is 1.84. The minimum atomic E-state index is -0.0886. The van der Waals surface area contributed by atoms with Crippen LogP contribution >= 0.6 is 11.3 Å². The van der Waals surface area contributed by atoms with E-state index in [0.29, 0.717) is 5.13 Å². The Kier molecular flexibility index (Phi) is 4.63. The van der Waals surface area contributed by atoms with E-state index >= 15 is 0 Å². The number of amides is 1. The summed E-state index contributed by atoms with van der Waals surface area (Å²) in [6.45, 7) is 6.30. The van der Waals surface area contributed by atoms with Crippen LogP contribution in [-0.2, 0) is 16.6 Å². The van der Waals surface area contributed by atoms with Gasteiger partial charge in [0.25, 0.3) is 0 Å². The zero-order chi connectivity index (χ0) is 15.5. The SMILES string of the molecule is COc1ccccc1CC(=O)Nc1nc(C(C)(C)C)cs1. The van der Waals surface area contributed by atoms with Gasteiger partial charge in [-0.1, -0.05) is 39.0 Å². The highest BCUT2D eigenvalue weighted by Crippen LogP contribution is 2.26. The molecule has 0 bridgehead atoms. The standard InChI is InChI=1S/C16H20N2O2S/c1-16(2,3)13-10-21-15(17-13)18-14(19)9-11-7-5-6-8-12(11)20-4/h5-8,10H,9H2,1-4H3,(H,17,18,19). The van der Waals surface area contributed by atoms with Gasteiger partial charge in [-0.15, -0.1) is 11.3 Å². The molecule has 0 radical (unpaired) electrons. The molecular formula is C16H20N2O2S. The molecule has 0 fully saturated rings. The number of benzene rings is 1. The second-order valence-electron chi connectivity index (χ2n) is 5.82. The molecule has 1 heterocycles. The molecule has 0 unspecified atom stereocenters. The molecule has 0 aliphatic carbocycles. The van der Waals surface area contributed by atoms with Gasteiger partial charge in [0, 0.05) is 16.4 Å². The van der Waals surface area contributed by atoms with E-state index in [-0.39, 0.29) is 17.7 Å². The Hall–Kier alpha value is -1.88. The largest absolute Gasteiger partial charge is 0.496 e. The minimum absolute atomic E-state index is 0.0118. The first-order valence-electron chi connectivity index (χ1n) is 6.78. The molecule has 4 nitrogen and oxygen atoms in total. The molecule has 1 aromatic heterocycles. The number of aromatic nitrogens is 1. The monoisotopic (exact) mass is 304 g/mol. The maximum absolute atomic E-state index is 12.1. The van der Waals surface area contributed by atoms with Crippen LogP contribution in [0.25, 0.3) is 0 Å². The van der Waals surface area contributed by atoms with E-state index in [2.05, 4.69) is 31.1 Å². The predicted molar refractivity (Wildman–Crippen MR) is 86.1 cm³/mol. The number of carbonyl (C=O) groups is 1. The van der Waals surface area contributed by atoms with E-state index in [1.165, 1.54) is 11.3 Å². The third kappa shape index (κ3) is 4.04. The molecule has 0 aliphatic heterocycles. The lowest BCUT2D eigenvalue weighted by Crippen LogP contribution is -2.16. The average molecular weight is 304 g/mol. The van der Waals surface area contributed by atoms with Crippen molar-refractivity contribution >= 4 is 22.4 Å². The second kappa shape index (κ2) is 6.26. The maximum atomic E-state index is 12.1. The molecule has 21 heavy (non-hydrogen) atoms. The van der Waals surface area contributed by atoms with E-state index < -0.39 is 0 Å². The Bertz CT molecular complexity index is 629. The summed E-state index contributed by atoms with van der Waals surface area (Å²) in [6.07, 6.45) is 0.272. The number of ether oxygens (including phenoxy) is 1. The van der Waals surface area contributed by atoms with E-state index in [1.54, 1.807) is 7.11 Å². The summed E-state index contributed by atoms with van der Waals surface area (Å²) in [7, 11) is 1.60. The van der Waals surface area contributed by atoms with E-state index in [0.717, 1.165) is 17.0 Å². The number of thiazole rings is 1. The molecule has 1 amide bonds. The summed E-state index contributed by atoms with van der Waals surface area (Å²) in [5, 5.41) is 5.47. The minimum Gasteiger partial charge on any atom is -0.496 e.